The second-order valence-corrected chi connectivity index (χ2v) is 35.6. The fraction of sp³-hybridized carbons (Fsp3) is 0.477. The fourth-order valence-electron chi connectivity index (χ4n) is 13.2. The number of phenolic OH excluding ortho intramolecular Hbond substituents is 1. The van der Waals surface area contributed by atoms with Crippen LogP contribution in [-0.4, -0.2) is 275 Å². The molecule has 25 N–H and O–H groups in total. The Balaban J connectivity index is 1.42. The zero-order valence-corrected chi connectivity index (χ0v) is 75.5. The highest BCUT2D eigenvalue weighted by Crippen LogP contribution is 2.28. The minimum atomic E-state index is -2.01. The quantitative estimate of drug-likeness (QED) is 0.0226. The number of rotatable bonds is 26. The van der Waals surface area contributed by atoms with Crippen LogP contribution in [0.5, 0.6) is 5.75 Å². The number of aliphatic carboxylic acids is 4. The molecule has 4 aromatic carbocycles. The van der Waals surface area contributed by atoms with Crippen molar-refractivity contribution >= 4 is 159 Å². The molecular weight excluding hydrogens is 1770 g/mol. The van der Waals surface area contributed by atoms with E-state index in [9.17, 15) is 112 Å². The lowest BCUT2D eigenvalue weighted by molar-refractivity contribution is -0.142. The molecule has 2 heterocycles. The summed E-state index contributed by atoms with van der Waals surface area (Å²) in [5.74, 6) is -23.0. The highest BCUT2D eigenvalue weighted by molar-refractivity contribution is 8.03. The molecule has 712 valence electrons. The van der Waals surface area contributed by atoms with E-state index in [1.54, 1.807) is 85.8 Å². The lowest BCUT2D eigenvalue weighted by atomic mass is 9.85. The number of nitrogens with one attached hydrogen (secondary N) is 14. The lowest BCUT2D eigenvalue weighted by Gasteiger charge is -2.33. The molecule has 0 spiro atoms. The maximum atomic E-state index is 15.1. The van der Waals surface area contributed by atoms with Crippen LogP contribution in [0.15, 0.2) is 121 Å². The van der Waals surface area contributed by atoms with E-state index < -0.39 is 272 Å². The normalized spacial score (nSPS) is 25.3. The molecular formula is C86H115N17O25S3. The number of nitrogens with two attached hydrogens (primary N) is 3. The van der Waals surface area contributed by atoms with Crippen molar-refractivity contribution in [2.24, 2.45) is 22.6 Å². The molecule has 4 aromatic rings. The molecule has 45 heteroatoms. The third kappa shape index (κ3) is 36.3. The largest absolute Gasteiger partial charge is 0.508 e. The molecule has 0 bridgehead atoms. The van der Waals surface area contributed by atoms with Crippen molar-refractivity contribution in [3.05, 3.63) is 138 Å². The maximum Gasteiger partial charge on any atom is 0.305 e. The first-order chi connectivity index (χ1) is 61.8. The first kappa shape index (κ1) is 107. The predicted octanol–water partition coefficient (Wildman–Crippen LogP) is -2.62. The van der Waals surface area contributed by atoms with Gasteiger partial charge in [-0.3, -0.25) is 96.4 Å². The van der Waals surface area contributed by atoms with E-state index >= 15 is 4.79 Å². The Bertz CT molecular complexity index is 4830. The second kappa shape index (κ2) is 52.2. The minimum Gasteiger partial charge on any atom is -0.508 e. The van der Waals surface area contributed by atoms with Crippen molar-refractivity contribution in [1.82, 2.24) is 74.4 Å². The van der Waals surface area contributed by atoms with Gasteiger partial charge in [0, 0.05) is 60.2 Å². The van der Waals surface area contributed by atoms with Crippen molar-refractivity contribution in [1.29, 1.82) is 0 Å². The Hall–Kier alpha value is -12.7. The maximum absolute atomic E-state index is 15.1. The number of phenols is 1. The standard InChI is InChI=1S/C86H115N17O25S3/c1-9-46(10-2)39-131-42-63-83(126)93-53(27-29-65(106)107)75(118)94-55(37-67(110)111)69-85(128-69)102-57(33-47-17-12-11-13-18-47)79(122)96-56(34-48-23-25-51(104)26-24-48)78(121)98-60(38-68(112)113)81(124)103-70(86(6,7)8)84(127)99-61(71(89)114)40-129-31-32-130-41-62(100-72(115)43(3)87)82(125)91-44(4)73(116)95-59(36-64(88)105)80(123)92-54(28-30-66(108)109)76(119)97-58(77(120)90-45(5)74(117)101-63)35-50-21-16-20-49-19-14-15-22-52(49)50/h9-26,43-45,53-63,69-70,85,102,104H,1,27-42,87H2,2-8H3,(H2,88,105)(H2,89,114)(H,90,120)(H,91,125)(H,92,123)(H,93,126)(H,94,118)(H,95,116)(H,96,122)(H,97,119)(H,98,121)(H,99,127)(H,100,115)(H,101,117)(H,103,124)(H,106,107)(H,108,109)(H,110,111)(H,112,113)/b46-10+/t43-,44+,45+,53-,54-,55-,56-,57-,58-,59-,60-,61-,62-,63+,69+,70+,85?/m0/s1. The number of fused-ring (bicyclic) bond motifs is 2. The first-order valence-corrected chi connectivity index (χ1v) is 45.2. The van der Waals surface area contributed by atoms with E-state index in [1.165, 1.54) is 65.0 Å². The van der Waals surface area contributed by atoms with Crippen LogP contribution >= 0.6 is 35.3 Å². The molecule has 0 radical (unpaired) electrons. The summed E-state index contributed by atoms with van der Waals surface area (Å²) >= 11 is 3.24. The number of allylic oxidation sites excluding steroid dienone is 2. The van der Waals surface area contributed by atoms with Gasteiger partial charge in [0.05, 0.1) is 37.4 Å². The number of hydrogen-bond donors (Lipinski definition) is 22. The molecule has 2 aliphatic heterocycles. The third-order valence-electron chi connectivity index (χ3n) is 20.6. The number of carbonyl (C=O) groups excluding carboxylic acids is 15. The van der Waals surface area contributed by atoms with E-state index in [1.807, 2.05) is 0 Å². The Morgan fingerprint density at radius 2 is 1.00 bits per heavy atom. The van der Waals surface area contributed by atoms with Gasteiger partial charge in [0.2, 0.25) is 88.6 Å². The van der Waals surface area contributed by atoms with Crippen LogP contribution in [-0.2, 0) is 115 Å². The van der Waals surface area contributed by atoms with E-state index in [-0.39, 0.29) is 53.1 Å². The van der Waals surface area contributed by atoms with Crippen molar-refractivity contribution in [3.8, 4) is 5.75 Å². The smallest absolute Gasteiger partial charge is 0.305 e. The van der Waals surface area contributed by atoms with Crippen LogP contribution in [0, 0.1) is 5.41 Å². The van der Waals surface area contributed by atoms with Gasteiger partial charge in [-0.15, -0.1) is 0 Å². The summed E-state index contributed by atoms with van der Waals surface area (Å²) in [4.78, 5) is 264. The highest BCUT2D eigenvalue weighted by Gasteiger charge is 2.49. The number of benzene rings is 4. The van der Waals surface area contributed by atoms with E-state index in [2.05, 4.69) is 81.0 Å². The second-order valence-electron chi connectivity index (χ2n) is 32.2. The van der Waals surface area contributed by atoms with E-state index in [0.29, 0.717) is 33.0 Å². The van der Waals surface area contributed by atoms with Crippen molar-refractivity contribution in [2.45, 2.75) is 216 Å². The van der Waals surface area contributed by atoms with Gasteiger partial charge >= 0.3 is 23.9 Å². The zero-order valence-electron chi connectivity index (χ0n) is 73.1. The average Bonchev–Trinajstić information content (AvgIpc) is 1.64. The van der Waals surface area contributed by atoms with Gasteiger partial charge in [-0.25, -0.2) is 0 Å². The SMILES string of the molecule is C=C/C(=C\C)CSC[C@H]1NC(=O)[C@@H](C)NC(=O)[C@H](Cc2cccc3ccccc23)NC(=O)[C@H](CCC(=O)O)NC(=O)[C@H](CC(N)=O)NC(=O)[C@@H](C)NC(=O)[C@@H](NC(=O)[C@H](C)N)CSCCSC[C@@H](C(N)=O)NC(=O)[C@H](C(C)(C)C)NC(=O)[C@H](CC(=O)O)NC(=O)[C@H](Cc2ccc(O)cc2)NC(=O)[C@H](Cc2ccccc2)NC2O[C@@H]2[C@H](CC(=O)O)NC(=O)[C@H](CCC(=O)O)NC1=O. The monoisotopic (exact) mass is 1880 g/mol. The zero-order chi connectivity index (χ0) is 97.1. The summed E-state index contributed by atoms with van der Waals surface area (Å²) in [7, 11) is 0. The van der Waals surface area contributed by atoms with Gasteiger partial charge in [-0.05, 0) is 97.5 Å². The number of carboxylic acid groups (broad SMARTS) is 4. The molecule has 2 saturated heterocycles. The molecule has 131 heavy (non-hydrogen) atoms. The topological polar surface area (TPSA) is 684 Å². The van der Waals surface area contributed by atoms with E-state index in [4.69, 9.17) is 21.9 Å². The summed E-state index contributed by atoms with van der Waals surface area (Å²) in [6.45, 7) is 13.7. The Labute approximate surface area is 766 Å². The third-order valence-corrected chi connectivity index (χ3v) is 24.0. The summed E-state index contributed by atoms with van der Waals surface area (Å²) in [5, 5.41) is 87.2. The van der Waals surface area contributed by atoms with Crippen LogP contribution in [0.3, 0.4) is 0 Å². The molecule has 0 aromatic heterocycles. The number of carboxylic acids is 4. The predicted molar refractivity (Wildman–Crippen MR) is 482 cm³/mol. The van der Waals surface area contributed by atoms with Gasteiger partial charge in [0.1, 0.15) is 90.6 Å². The van der Waals surface area contributed by atoms with Gasteiger partial charge in [-0.2, -0.15) is 35.3 Å². The van der Waals surface area contributed by atoms with Crippen LogP contribution in [0.25, 0.3) is 10.8 Å². The first-order valence-electron chi connectivity index (χ1n) is 41.7. The summed E-state index contributed by atoms with van der Waals surface area (Å²) in [5.41, 5.74) is 17.9. The number of amides is 15. The summed E-state index contributed by atoms with van der Waals surface area (Å²) in [6, 6.07) is 0.717. The average molecular weight is 1880 g/mol. The molecule has 0 aliphatic carbocycles. The lowest BCUT2D eigenvalue weighted by Crippen LogP contribution is -2.62. The highest BCUT2D eigenvalue weighted by atomic mass is 32.2. The van der Waals surface area contributed by atoms with Crippen molar-refractivity contribution in [3.63, 3.8) is 0 Å². The number of thioether (sulfide) groups is 3. The van der Waals surface area contributed by atoms with Crippen LogP contribution < -0.4 is 91.6 Å². The van der Waals surface area contributed by atoms with Gasteiger partial charge in [0.25, 0.3) is 0 Å². The molecule has 2 aliphatic rings. The number of epoxide rings is 1. The molecule has 1 unspecified atom stereocenters. The Morgan fingerprint density at radius 1 is 0.527 bits per heavy atom. The fourth-order valence-corrected chi connectivity index (χ4v) is 16.6. The molecule has 6 rings (SSSR count). The summed E-state index contributed by atoms with van der Waals surface area (Å²) in [6.07, 6.45) is -6.41. The van der Waals surface area contributed by atoms with Crippen LogP contribution in [0.4, 0.5) is 0 Å². The minimum absolute atomic E-state index is 0.165. The Morgan fingerprint density at radius 3 is 1.56 bits per heavy atom. The Kier molecular flexibility index (Phi) is 42.7. The van der Waals surface area contributed by atoms with Crippen LogP contribution in [0.1, 0.15) is 110 Å². The number of hydrogen-bond acceptors (Lipinski definition) is 26. The van der Waals surface area contributed by atoms with Gasteiger partial charge in [0.15, 0.2) is 0 Å². The summed E-state index contributed by atoms with van der Waals surface area (Å²) < 4.78 is 5.96. The van der Waals surface area contributed by atoms with Crippen LogP contribution in [0.2, 0.25) is 0 Å². The number of carbonyl (C=O) groups is 19. The molecule has 15 amide bonds. The van der Waals surface area contributed by atoms with Crippen molar-refractivity contribution < 1.29 is 121 Å². The molecule has 2 fully saturated rings. The number of aromatic hydroxyl groups is 1. The number of primary amides is 2. The van der Waals surface area contributed by atoms with Gasteiger partial charge in [-0.1, -0.05) is 124 Å². The molecule has 0 saturated carbocycles. The number of ether oxygens (including phenoxy) is 1. The molecule has 42 nitrogen and oxygen atoms in total. The molecule has 17 atom stereocenters. The van der Waals surface area contributed by atoms with Gasteiger partial charge < -0.3 is 117 Å². The van der Waals surface area contributed by atoms with E-state index in [0.717, 1.165) is 42.2 Å². The van der Waals surface area contributed by atoms with Crippen molar-refractivity contribution in [2.75, 3.05) is 34.5 Å².